The van der Waals surface area contributed by atoms with Crippen molar-refractivity contribution in [2.45, 2.75) is 19.6 Å². The lowest BCUT2D eigenvalue weighted by Crippen LogP contribution is -2.18. The van der Waals surface area contributed by atoms with Gasteiger partial charge in [-0.15, -0.1) is 0 Å². The van der Waals surface area contributed by atoms with E-state index < -0.39 is 10.0 Å². The number of aromatic nitrogens is 2. The molecule has 0 amide bonds. The Morgan fingerprint density at radius 1 is 1.22 bits per heavy atom. The van der Waals surface area contributed by atoms with Gasteiger partial charge in [0.15, 0.2) is 0 Å². The third kappa shape index (κ3) is 2.42. The number of hydrogen-bond acceptors (Lipinski definition) is 3. The van der Waals surface area contributed by atoms with Gasteiger partial charge in [-0.1, -0.05) is 41.9 Å². The molecule has 0 radical (unpaired) electrons. The number of halogens is 1. The van der Waals surface area contributed by atoms with E-state index >= 15 is 0 Å². The van der Waals surface area contributed by atoms with Crippen molar-refractivity contribution in [3.05, 3.63) is 52.3 Å². The average Bonchev–Trinajstić information content (AvgIpc) is 2.58. The largest absolute Gasteiger partial charge is 0.258 e. The Bertz CT molecular complexity index is 663. The first-order valence-electron chi connectivity index (χ1n) is 5.41. The molecule has 0 N–H and O–H groups in total. The summed E-state index contributed by atoms with van der Waals surface area (Å²) in [7, 11) is -3.52. The van der Waals surface area contributed by atoms with Crippen molar-refractivity contribution in [2.75, 3.05) is 0 Å². The van der Waals surface area contributed by atoms with Crippen LogP contribution in [0.4, 0.5) is 0 Å². The fourth-order valence-corrected chi connectivity index (χ4v) is 3.38. The summed E-state index contributed by atoms with van der Waals surface area (Å²) >= 11 is 5.96. The predicted octanol–water partition coefficient (Wildman–Crippen LogP) is 2.53. The van der Waals surface area contributed by atoms with Crippen LogP contribution in [0.2, 0.25) is 5.02 Å². The van der Waals surface area contributed by atoms with Crippen LogP contribution in [0, 0.1) is 13.8 Å². The summed E-state index contributed by atoms with van der Waals surface area (Å²) in [6.45, 7) is 3.33. The van der Waals surface area contributed by atoms with Crippen molar-refractivity contribution < 1.29 is 8.42 Å². The molecule has 1 aromatic carbocycles. The monoisotopic (exact) mass is 284 g/mol. The molecule has 0 atom stereocenters. The van der Waals surface area contributed by atoms with Gasteiger partial charge in [0.1, 0.15) is 0 Å². The molecule has 1 aromatic heterocycles. The highest BCUT2D eigenvalue weighted by Gasteiger charge is 2.21. The van der Waals surface area contributed by atoms with E-state index in [9.17, 15) is 8.42 Å². The van der Waals surface area contributed by atoms with Crippen LogP contribution >= 0.6 is 11.6 Å². The first-order valence-corrected chi connectivity index (χ1v) is 7.39. The molecule has 0 bridgehead atoms. The highest BCUT2D eigenvalue weighted by atomic mass is 35.5. The summed E-state index contributed by atoms with van der Waals surface area (Å²) in [6.07, 6.45) is 0. The van der Waals surface area contributed by atoms with Gasteiger partial charge in [0.05, 0.1) is 22.2 Å². The van der Waals surface area contributed by atoms with Crippen molar-refractivity contribution in [1.29, 1.82) is 0 Å². The second kappa shape index (κ2) is 4.74. The van der Waals surface area contributed by atoms with Crippen molar-refractivity contribution in [3.8, 4) is 0 Å². The number of rotatable bonds is 3. The highest BCUT2D eigenvalue weighted by molar-refractivity contribution is 7.89. The predicted molar refractivity (Wildman–Crippen MR) is 71.2 cm³/mol. The minimum Gasteiger partial charge on any atom is -0.204 e. The molecule has 6 heteroatoms. The summed E-state index contributed by atoms with van der Waals surface area (Å²) in [6, 6.07) is 8.99. The maximum absolute atomic E-state index is 12.2. The number of aryl methyl sites for hydroxylation is 1. The lowest BCUT2D eigenvalue weighted by Gasteiger charge is -2.06. The molecule has 4 nitrogen and oxygen atoms in total. The van der Waals surface area contributed by atoms with Crippen molar-refractivity contribution >= 4 is 21.6 Å². The van der Waals surface area contributed by atoms with E-state index in [0.717, 1.165) is 9.65 Å². The molecule has 1 heterocycles. The summed E-state index contributed by atoms with van der Waals surface area (Å²) in [5.74, 6) is -0.0911. The van der Waals surface area contributed by atoms with Crippen LogP contribution in [0.15, 0.2) is 30.3 Å². The molecular formula is C12H13ClN2O2S. The normalized spacial score (nSPS) is 11.7. The molecule has 0 aliphatic heterocycles. The first-order chi connectivity index (χ1) is 8.42. The second-order valence-electron chi connectivity index (χ2n) is 4.07. The van der Waals surface area contributed by atoms with Crippen LogP contribution in [-0.4, -0.2) is 17.6 Å². The Balaban J connectivity index is 2.40. The van der Waals surface area contributed by atoms with Gasteiger partial charge in [-0.2, -0.15) is 9.19 Å². The lowest BCUT2D eigenvalue weighted by molar-refractivity contribution is 0.577. The van der Waals surface area contributed by atoms with Gasteiger partial charge in [-0.3, -0.25) is 0 Å². The summed E-state index contributed by atoms with van der Waals surface area (Å²) in [4.78, 5) is 0. The SMILES string of the molecule is Cc1nn(S(=O)(=O)Cc2ccccc2)c(C)c1Cl. The van der Waals surface area contributed by atoms with Crippen molar-refractivity contribution in [1.82, 2.24) is 9.19 Å². The third-order valence-corrected chi connectivity index (χ3v) is 4.75. The fraction of sp³-hybridized carbons (Fsp3) is 0.250. The molecule has 0 saturated heterocycles. The molecule has 96 valence electrons. The van der Waals surface area contributed by atoms with E-state index in [2.05, 4.69) is 5.10 Å². The van der Waals surface area contributed by atoms with E-state index in [1.54, 1.807) is 38.1 Å². The van der Waals surface area contributed by atoms with Gasteiger partial charge in [-0.25, -0.2) is 8.42 Å². The first kappa shape index (κ1) is 13.1. The Morgan fingerprint density at radius 2 is 1.83 bits per heavy atom. The van der Waals surface area contributed by atoms with Crippen LogP contribution in [0.1, 0.15) is 17.0 Å². The van der Waals surface area contributed by atoms with Gasteiger partial charge in [0.2, 0.25) is 0 Å². The second-order valence-corrected chi connectivity index (χ2v) is 6.25. The number of nitrogens with zero attached hydrogens (tertiary/aromatic N) is 2. The van der Waals surface area contributed by atoms with Gasteiger partial charge in [0, 0.05) is 0 Å². The maximum atomic E-state index is 12.2. The molecule has 0 spiro atoms. The van der Waals surface area contributed by atoms with Crippen molar-refractivity contribution in [3.63, 3.8) is 0 Å². The minimum absolute atomic E-state index is 0.0911. The van der Waals surface area contributed by atoms with Gasteiger partial charge >= 0.3 is 0 Å². The Labute approximate surface area is 111 Å². The maximum Gasteiger partial charge on any atom is 0.258 e. The molecule has 0 fully saturated rings. The topological polar surface area (TPSA) is 52.0 Å². The molecule has 0 saturated carbocycles. The Kier molecular flexibility index (Phi) is 3.45. The van der Waals surface area contributed by atoms with E-state index in [4.69, 9.17) is 11.6 Å². The van der Waals surface area contributed by atoms with E-state index in [-0.39, 0.29) is 5.75 Å². The van der Waals surface area contributed by atoms with Crippen LogP contribution in [0.5, 0.6) is 0 Å². The lowest BCUT2D eigenvalue weighted by atomic mass is 10.2. The number of hydrogen-bond donors (Lipinski definition) is 0. The van der Waals surface area contributed by atoms with Gasteiger partial charge in [0.25, 0.3) is 10.0 Å². The fourth-order valence-electron chi connectivity index (χ4n) is 1.72. The van der Waals surface area contributed by atoms with Crippen LogP contribution in [0.3, 0.4) is 0 Å². The van der Waals surface area contributed by atoms with E-state index in [0.29, 0.717) is 16.4 Å². The molecule has 18 heavy (non-hydrogen) atoms. The zero-order valence-corrected chi connectivity index (χ0v) is 11.7. The average molecular weight is 285 g/mol. The van der Waals surface area contributed by atoms with Crippen molar-refractivity contribution in [2.24, 2.45) is 0 Å². The molecule has 0 aliphatic carbocycles. The van der Waals surface area contributed by atoms with Gasteiger partial charge < -0.3 is 0 Å². The molecule has 2 rings (SSSR count). The zero-order valence-electron chi connectivity index (χ0n) is 10.1. The summed E-state index contributed by atoms with van der Waals surface area (Å²) < 4.78 is 25.5. The van der Waals surface area contributed by atoms with Crippen LogP contribution < -0.4 is 0 Å². The van der Waals surface area contributed by atoms with Crippen LogP contribution in [-0.2, 0) is 15.8 Å². The highest BCUT2D eigenvalue weighted by Crippen LogP contribution is 2.21. The third-order valence-electron chi connectivity index (χ3n) is 2.62. The molecular weight excluding hydrogens is 272 g/mol. The Morgan fingerprint density at radius 3 is 2.33 bits per heavy atom. The molecule has 0 unspecified atom stereocenters. The minimum atomic E-state index is -3.52. The van der Waals surface area contributed by atoms with E-state index in [1.807, 2.05) is 6.07 Å². The number of benzene rings is 1. The van der Waals surface area contributed by atoms with E-state index in [1.165, 1.54) is 0 Å². The summed E-state index contributed by atoms with van der Waals surface area (Å²) in [5.41, 5.74) is 1.69. The standard InChI is InChI=1S/C12H13ClN2O2S/c1-9-12(13)10(2)15(14-9)18(16,17)8-11-6-4-3-5-7-11/h3-7H,8H2,1-2H3. The molecule has 0 aliphatic rings. The smallest absolute Gasteiger partial charge is 0.204 e. The van der Waals surface area contributed by atoms with Crippen LogP contribution in [0.25, 0.3) is 0 Å². The Hall–Kier alpha value is -1.33. The summed E-state index contributed by atoms with van der Waals surface area (Å²) in [5, 5.41) is 4.37. The quantitative estimate of drug-likeness (QED) is 0.870. The zero-order chi connectivity index (χ0) is 13.3. The molecule has 2 aromatic rings. The van der Waals surface area contributed by atoms with Gasteiger partial charge in [-0.05, 0) is 19.4 Å².